The second kappa shape index (κ2) is 7.40. The van der Waals surface area contributed by atoms with Gasteiger partial charge in [-0.1, -0.05) is 19.9 Å². The molecule has 2 fully saturated rings. The SMILES string of the molecule is CC(C)CCC(=O)N1CCC2(CCC(c3cccs3)(N(C)C)CC2)C1. The van der Waals surface area contributed by atoms with E-state index in [1.54, 1.807) is 0 Å². The molecule has 3 rings (SSSR count). The number of carbonyl (C=O) groups excluding carboxylic acids is 1. The summed E-state index contributed by atoms with van der Waals surface area (Å²) in [6, 6.07) is 4.49. The fourth-order valence-electron chi connectivity index (χ4n) is 4.78. The average molecular weight is 363 g/mol. The maximum Gasteiger partial charge on any atom is 0.222 e. The lowest BCUT2D eigenvalue weighted by atomic mass is 9.66. The zero-order valence-corrected chi connectivity index (χ0v) is 17.2. The standard InChI is InChI=1S/C21H34N2OS/c1-17(2)7-8-19(24)23-14-13-20(16-23)9-11-21(12-10-20,22(3)4)18-6-5-15-25-18/h5-6,15,17H,7-14,16H2,1-4H3. The number of likely N-dealkylation sites (tertiary alicyclic amines) is 1. The second-order valence-corrected chi connectivity index (χ2v) is 9.85. The van der Waals surface area contributed by atoms with Gasteiger partial charge in [0.2, 0.25) is 5.91 Å². The van der Waals surface area contributed by atoms with Crippen LogP contribution in [-0.4, -0.2) is 42.9 Å². The molecule has 140 valence electrons. The van der Waals surface area contributed by atoms with Crippen molar-refractivity contribution in [2.75, 3.05) is 27.2 Å². The van der Waals surface area contributed by atoms with E-state index in [9.17, 15) is 4.79 Å². The first kappa shape index (κ1) is 18.9. The Morgan fingerprint density at radius 2 is 1.96 bits per heavy atom. The van der Waals surface area contributed by atoms with E-state index in [0.29, 0.717) is 17.2 Å². The number of thiophene rings is 1. The van der Waals surface area contributed by atoms with Gasteiger partial charge in [-0.05, 0) is 75.4 Å². The number of hydrogen-bond acceptors (Lipinski definition) is 3. The Morgan fingerprint density at radius 3 is 2.52 bits per heavy atom. The van der Waals surface area contributed by atoms with E-state index < -0.39 is 0 Å². The van der Waals surface area contributed by atoms with Crippen molar-refractivity contribution >= 4 is 17.2 Å². The molecule has 1 spiro atoms. The van der Waals surface area contributed by atoms with Crippen molar-refractivity contribution < 1.29 is 4.79 Å². The molecule has 0 aromatic carbocycles. The molecule has 4 heteroatoms. The lowest BCUT2D eigenvalue weighted by Gasteiger charge is -2.48. The maximum atomic E-state index is 12.5. The summed E-state index contributed by atoms with van der Waals surface area (Å²) < 4.78 is 0. The smallest absolute Gasteiger partial charge is 0.222 e. The second-order valence-electron chi connectivity index (χ2n) is 8.90. The van der Waals surface area contributed by atoms with Gasteiger partial charge in [0.25, 0.3) is 0 Å². The molecule has 3 nitrogen and oxygen atoms in total. The first-order chi connectivity index (χ1) is 11.9. The maximum absolute atomic E-state index is 12.5. The summed E-state index contributed by atoms with van der Waals surface area (Å²) >= 11 is 1.90. The number of hydrogen-bond donors (Lipinski definition) is 0. The summed E-state index contributed by atoms with van der Waals surface area (Å²) in [5, 5.41) is 2.20. The normalized spacial score (nSPS) is 29.9. The molecule has 0 bridgehead atoms. The van der Waals surface area contributed by atoms with E-state index in [2.05, 4.69) is 55.3 Å². The highest BCUT2D eigenvalue weighted by Gasteiger charge is 2.48. The van der Waals surface area contributed by atoms with Gasteiger partial charge >= 0.3 is 0 Å². The monoisotopic (exact) mass is 362 g/mol. The molecule has 0 N–H and O–H groups in total. The van der Waals surface area contributed by atoms with Gasteiger partial charge < -0.3 is 4.90 Å². The fourth-order valence-corrected chi connectivity index (χ4v) is 5.84. The quantitative estimate of drug-likeness (QED) is 0.756. The van der Waals surface area contributed by atoms with Crippen LogP contribution in [0, 0.1) is 11.3 Å². The van der Waals surface area contributed by atoms with Crippen molar-refractivity contribution in [3.63, 3.8) is 0 Å². The molecule has 1 aliphatic heterocycles. The molecule has 2 heterocycles. The van der Waals surface area contributed by atoms with E-state index in [1.807, 2.05) is 11.3 Å². The van der Waals surface area contributed by atoms with Gasteiger partial charge in [-0.2, -0.15) is 0 Å². The van der Waals surface area contributed by atoms with Gasteiger partial charge in [0.05, 0.1) is 5.54 Å². The number of nitrogens with zero attached hydrogens (tertiary/aromatic N) is 2. The topological polar surface area (TPSA) is 23.6 Å². The van der Waals surface area contributed by atoms with Gasteiger partial charge in [-0.25, -0.2) is 0 Å². The van der Waals surface area contributed by atoms with E-state index in [4.69, 9.17) is 0 Å². The predicted octanol–water partition coefficient (Wildman–Crippen LogP) is 4.73. The summed E-state index contributed by atoms with van der Waals surface area (Å²) in [7, 11) is 4.46. The lowest BCUT2D eigenvalue weighted by Crippen LogP contribution is -2.47. The third-order valence-corrected chi connectivity index (χ3v) is 7.76. The minimum Gasteiger partial charge on any atom is -0.342 e. The van der Waals surface area contributed by atoms with E-state index in [0.717, 1.165) is 25.9 Å². The molecule has 1 aromatic rings. The average Bonchev–Trinajstić information content (AvgIpc) is 3.24. The predicted molar refractivity (Wildman–Crippen MR) is 106 cm³/mol. The Morgan fingerprint density at radius 1 is 1.24 bits per heavy atom. The molecule has 0 unspecified atom stereocenters. The molecule has 2 aliphatic rings. The zero-order chi connectivity index (χ0) is 18.1. The third kappa shape index (κ3) is 3.80. The van der Waals surface area contributed by atoms with Crippen molar-refractivity contribution in [2.45, 2.75) is 64.3 Å². The van der Waals surface area contributed by atoms with Crippen LogP contribution in [0.4, 0.5) is 0 Å². The van der Waals surface area contributed by atoms with E-state index in [-0.39, 0.29) is 5.54 Å². The van der Waals surface area contributed by atoms with E-state index in [1.165, 1.54) is 37.0 Å². The van der Waals surface area contributed by atoms with Crippen LogP contribution in [0.5, 0.6) is 0 Å². The van der Waals surface area contributed by atoms with Crippen LogP contribution in [0.2, 0.25) is 0 Å². The Balaban J connectivity index is 1.63. The fraction of sp³-hybridized carbons (Fsp3) is 0.762. The van der Waals surface area contributed by atoms with Crippen LogP contribution >= 0.6 is 11.3 Å². The largest absolute Gasteiger partial charge is 0.342 e. The number of rotatable bonds is 5. The Hall–Kier alpha value is -0.870. The highest BCUT2D eigenvalue weighted by molar-refractivity contribution is 7.10. The molecular weight excluding hydrogens is 328 g/mol. The lowest BCUT2D eigenvalue weighted by molar-refractivity contribution is -0.131. The molecule has 1 aliphatic carbocycles. The molecule has 25 heavy (non-hydrogen) atoms. The summed E-state index contributed by atoms with van der Waals surface area (Å²) in [6.45, 7) is 6.37. The van der Waals surface area contributed by atoms with Gasteiger partial charge in [0.1, 0.15) is 0 Å². The van der Waals surface area contributed by atoms with Crippen molar-refractivity contribution in [1.82, 2.24) is 9.80 Å². The first-order valence-electron chi connectivity index (χ1n) is 9.86. The molecule has 1 amide bonds. The van der Waals surface area contributed by atoms with Gasteiger partial charge in [0.15, 0.2) is 0 Å². The van der Waals surface area contributed by atoms with Crippen LogP contribution in [-0.2, 0) is 10.3 Å². The summed E-state index contributed by atoms with van der Waals surface area (Å²) in [5.74, 6) is 0.995. The van der Waals surface area contributed by atoms with Crippen LogP contribution in [0.25, 0.3) is 0 Å². The molecule has 1 saturated carbocycles. The summed E-state index contributed by atoms with van der Waals surface area (Å²) in [6.07, 6.45) is 7.88. The van der Waals surface area contributed by atoms with Crippen LogP contribution in [0.3, 0.4) is 0 Å². The Labute approximate surface area is 157 Å². The van der Waals surface area contributed by atoms with Crippen molar-refractivity contribution in [1.29, 1.82) is 0 Å². The van der Waals surface area contributed by atoms with Gasteiger partial charge in [-0.3, -0.25) is 9.69 Å². The number of carbonyl (C=O) groups is 1. The van der Waals surface area contributed by atoms with Crippen molar-refractivity contribution in [3.05, 3.63) is 22.4 Å². The molecular formula is C21H34N2OS. The van der Waals surface area contributed by atoms with Gasteiger partial charge in [-0.15, -0.1) is 11.3 Å². The summed E-state index contributed by atoms with van der Waals surface area (Å²) in [4.78, 5) is 18.6. The van der Waals surface area contributed by atoms with Crippen LogP contribution < -0.4 is 0 Å². The van der Waals surface area contributed by atoms with Crippen molar-refractivity contribution in [3.8, 4) is 0 Å². The minimum atomic E-state index is 0.203. The Kier molecular flexibility index (Phi) is 5.60. The van der Waals surface area contributed by atoms with Crippen LogP contribution in [0.1, 0.15) is 63.7 Å². The molecule has 0 atom stereocenters. The van der Waals surface area contributed by atoms with Gasteiger partial charge in [0, 0.05) is 24.4 Å². The molecule has 0 radical (unpaired) electrons. The Bertz CT molecular complexity index is 571. The third-order valence-electron chi connectivity index (χ3n) is 6.70. The highest BCUT2D eigenvalue weighted by atomic mass is 32.1. The number of amides is 1. The highest BCUT2D eigenvalue weighted by Crippen LogP contribution is 2.52. The van der Waals surface area contributed by atoms with Crippen LogP contribution in [0.15, 0.2) is 17.5 Å². The first-order valence-corrected chi connectivity index (χ1v) is 10.7. The summed E-state index contributed by atoms with van der Waals surface area (Å²) in [5.41, 5.74) is 0.582. The van der Waals surface area contributed by atoms with E-state index >= 15 is 0 Å². The molecule has 1 saturated heterocycles. The van der Waals surface area contributed by atoms with Crippen molar-refractivity contribution in [2.24, 2.45) is 11.3 Å². The zero-order valence-electron chi connectivity index (χ0n) is 16.4. The molecule has 1 aromatic heterocycles. The minimum absolute atomic E-state index is 0.203.